The van der Waals surface area contributed by atoms with E-state index in [9.17, 15) is 0 Å². The molecule has 21 heavy (non-hydrogen) atoms. The molecule has 3 nitrogen and oxygen atoms in total. The van der Waals surface area contributed by atoms with Crippen molar-refractivity contribution in [3.8, 4) is 5.75 Å². The summed E-state index contributed by atoms with van der Waals surface area (Å²) in [5, 5.41) is 0. The van der Waals surface area contributed by atoms with Crippen LogP contribution < -0.4 is 10.5 Å². The summed E-state index contributed by atoms with van der Waals surface area (Å²) in [5.41, 5.74) is 6.91. The standard InChI is InChI=1S/C17H25NO2S/c1-17(2)9-7-15(8-10-17)20-12-11-19-14-5-3-13(4-6-14)16(18)21/h3-6,15H,7-12H2,1-2H3,(H2,18,21). The lowest BCUT2D eigenvalue weighted by atomic mass is 9.76. The molecule has 0 spiro atoms. The van der Waals surface area contributed by atoms with E-state index in [4.69, 9.17) is 27.4 Å². The highest BCUT2D eigenvalue weighted by atomic mass is 32.1. The number of benzene rings is 1. The van der Waals surface area contributed by atoms with Gasteiger partial charge in [-0.3, -0.25) is 0 Å². The molecule has 0 amide bonds. The minimum absolute atomic E-state index is 0.401. The molecule has 116 valence electrons. The predicted molar refractivity (Wildman–Crippen MR) is 89.8 cm³/mol. The highest BCUT2D eigenvalue weighted by Gasteiger charge is 2.26. The normalized spacial score (nSPS) is 18.4. The first-order valence-electron chi connectivity index (χ1n) is 7.60. The Hall–Kier alpha value is -1.13. The molecule has 1 aromatic carbocycles. The van der Waals surface area contributed by atoms with Crippen molar-refractivity contribution in [3.63, 3.8) is 0 Å². The molecule has 4 heteroatoms. The number of rotatable bonds is 6. The molecule has 0 radical (unpaired) electrons. The second-order valence-corrected chi connectivity index (χ2v) is 6.91. The Bertz CT molecular complexity index is 460. The van der Waals surface area contributed by atoms with Crippen LogP contribution in [0.4, 0.5) is 0 Å². The van der Waals surface area contributed by atoms with Gasteiger partial charge in [0.1, 0.15) is 17.3 Å². The molecular formula is C17H25NO2S. The van der Waals surface area contributed by atoms with E-state index < -0.39 is 0 Å². The van der Waals surface area contributed by atoms with Gasteiger partial charge < -0.3 is 15.2 Å². The smallest absolute Gasteiger partial charge is 0.119 e. The molecule has 0 aromatic heterocycles. The molecule has 0 bridgehead atoms. The molecule has 1 aromatic rings. The number of thiocarbonyl (C=S) groups is 1. The van der Waals surface area contributed by atoms with Crippen molar-refractivity contribution in [1.29, 1.82) is 0 Å². The summed E-state index contributed by atoms with van der Waals surface area (Å²) in [6.45, 7) is 5.89. The van der Waals surface area contributed by atoms with E-state index in [1.165, 1.54) is 12.8 Å². The molecule has 1 aliphatic rings. The van der Waals surface area contributed by atoms with Crippen LogP contribution in [0.3, 0.4) is 0 Å². The van der Waals surface area contributed by atoms with Crippen LogP contribution in [0.25, 0.3) is 0 Å². The zero-order chi connectivity index (χ0) is 15.3. The van der Waals surface area contributed by atoms with E-state index in [0.717, 1.165) is 24.2 Å². The summed E-state index contributed by atoms with van der Waals surface area (Å²) in [4.78, 5) is 0.408. The molecule has 0 unspecified atom stereocenters. The van der Waals surface area contributed by atoms with Crippen LogP contribution in [0.5, 0.6) is 5.75 Å². The fourth-order valence-corrected chi connectivity index (χ4v) is 2.77. The van der Waals surface area contributed by atoms with Gasteiger partial charge in [0.15, 0.2) is 0 Å². The van der Waals surface area contributed by atoms with E-state index in [1.54, 1.807) is 0 Å². The van der Waals surface area contributed by atoms with Crippen molar-refractivity contribution in [2.75, 3.05) is 13.2 Å². The maximum atomic E-state index is 5.89. The van der Waals surface area contributed by atoms with Crippen LogP contribution in [-0.2, 0) is 4.74 Å². The monoisotopic (exact) mass is 307 g/mol. The Balaban J connectivity index is 1.65. The summed E-state index contributed by atoms with van der Waals surface area (Å²) in [6, 6.07) is 7.53. The Morgan fingerprint density at radius 2 is 1.81 bits per heavy atom. The lowest BCUT2D eigenvalue weighted by molar-refractivity contribution is -0.00732. The van der Waals surface area contributed by atoms with Gasteiger partial charge in [0, 0.05) is 5.56 Å². The van der Waals surface area contributed by atoms with Crippen molar-refractivity contribution in [2.45, 2.75) is 45.6 Å². The zero-order valence-corrected chi connectivity index (χ0v) is 13.7. The molecule has 0 heterocycles. The fourth-order valence-electron chi connectivity index (χ4n) is 2.63. The Morgan fingerprint density at radius 1 is 1.19 bits per heavy atom. The van der Waals surface area contributed by atoms with Gasteiger partial charge in [-0.25, -0.2) is 0 Å². The van der Waals surface area contributed by atoms with Crippen LogP contribution in [-0.4, -0.2) is 24.3 Å². The Labute approximate surface area is 132 Å². The van der Waals surface area contributed by atoms with Gasteiger partial charge in [-0.2, -0.15) is 0 Å². The first kappa shape index (κ1) is 16.2. The summed E-state index contributed by atoms with van der Waals surface area (Å²) in [5.74, 6) is 0.823. The van der Waals surface area contributed by atoms with Gasteiger partial charge in [0.05, 0.1) is 12.7 Å². The molecule has 2 rings (SSSR count). The number of ether oxygens (including phenoxy) is 2. The molecule has 0 aliphatic heterocycles. The maximum Gasteiger partial charge on any atom is 0.119 e. The van der Waals surface area contributed by atoms with Crippen LogP contribution in [0.2, 0.25) is 0 Å². The van der Waals surface area contributed by atoms with Gasteiger partial charge in [-0.15, -0.1) is 0 Å². The molecule has 0 atom stereocenters. The second-order valence-electron chi connectivity index (χ2n) is 6.47. The topological polar surface area (TPSA) is 44.5 Å². The lowest BCUT2D eigenvalue weighted by Crippen LogP contribution is -2.27. The van der Waals surface area contributed by atoms with Gasteiger partial charge in [0.2, 0.25) is 0 Å². The van der Waals surface area contributed by atoms with Crippen LogP contribution >= 0.6 is 12.2 Å². The quantitative estimate of drug-likeness (QED) is 0.643. The first-order valence-corrected chi connectivity index (χ1v) is 8.01. The molecule has 1 fully saturated rings. The first-order chi connectivity index (χ1) is 9.96. The molecule has 0 saturated heterocycles. The number of hydrogen-bond acceptors (Lipinski definition) is 3. The highest BCUT2D eigenvalue weighted by molar-refractivity contribution is 7.80. The van der Waals surface area contributed by atoms with E-state index in [-0.39, 0.29) is 0 Å². The number of nitrogens with two attached hydrogens (primary N) is 1. The summed E-state index contributed by atoms with van der Waals surface area (Å²) in [6.07, 6.45) is 5.22. The van der Waals surface area contributed by atoms with Crippen LogP contribution in [0.1, 0.15) is 45.1 Å². The largest absolute Gasteiger partial charge is 0.491 e. The third-order valence-electron chi connectivity index (χ3n) is 4.13. The van der Waals surface area contributed by atoms with E-state index >= 15 is 0 Å². The third-order valence-corrected chi connectivity index (χ3v) is 4.37. The summed E-state index contributed by atoms with van der Waals surface area (Å²) >= 11 is 4.92. The maximum absolute atomic E-state index is 5.89. The van der Waals surface area contributed by atoms with E-state index in [1.807, 2.05) is 24.3 Å². The highest BCUT2D eigenvalue weighted by Crippen LogP contribution is 2.36. The Kier molecular flexibility index (Phi) is 5.59. The fraction of sp³-hybridized carbons (Fsp3) is 0.588. The van der Waals surface area contributed by atoms with E-state index in [0.29, 0.717) is 29.7 Å². The average Bonchev–Trinajstić information content (AvgIpc) is 2.45. The minimum atomic E-state index is 0.401. The molecule has 1 aliphatic carbocycles. The van der Waals surface area contributed by atoms with Gasteiger partial charge in [-0.05, 0) is 55.4 Å². The lowest BCUT2D eigenvalue weighted by Gasteiger charge is -2.34. The van der Waals surface area contributed by atoms with Crippen LogP contribution in [0, 0.1) is 5.41 Å². The number of hydrogen-bond donors (Lipinski definition) is 1. The Morgan fingerprint density at radius 3 is 2.38 bits per heavy atom. The van der Waals surface area contributed by atoms with Gasteiger partial charge in [-0.1, -0.05) is 26.1 Å². The van der Waals surface area contributed by atoms with Crippen molar-refractivity contribution in [3.05, 3.63) is 29.8 Å². The zero-order valence-electron chi connectivity index (χ0n) is 12.9. The third kappa shape index (κ3) is 5.29. The predicted octanol–water partition coefficient (Wildman–Crippen LogP) is 3.69. The molecule has 1 saturated carbocycles. The van der Waals surface area contributed by atoms with E-state index in [2.05, 4.69) is 13.8 Å². The van der Waals surface area contributed by atoms with Crippen molar-refractivity contribution >= 4 is 17.2 Å². The summed E-state index contributed by atoms with van der Waals surface area (Å²) in [7, 11) is 0. The second kappa shape index (κ2) is 7.23. The minimum Gasteiger partial charge on any atom is -0.491 e. The molecule has 2 N–H and O–H groups in total. The van der Waals surface area contributed by atoms with Crippen LogP contribution in [0.15, 0.2) is 24.3 Å². The van der Waals surface area contributed by atoms with Crippen molar-refractivity contribution in [2.24, 2.45) is 11.1 Å². The van der Waals surface area contributed by atoms with Gasteiger partial charge >= 0.3 is 0 Å². The van der Waals surface area contributed by atoms with Gasteiger partial charge in [0.25, 0.3) is 0 Å². The van der Waals surface area contributed by atoms with Crippen molar-refractivity contribution < 1.29 is 9.47 Å². The summed E-state index contributed by atoms with van der Waals surface area (Å²) < 4.78 is 11.6. The average molecular weight is 307 g/mol. The van der Waals surface area contributed by atoms with Crippen molar-refractivity contribution in [1.82, 2.24) is 0 Å². The SMILES string of the molecule is CC1(C)CCC(OCCOc2ccc(C(N)=S)cc2)CC1. The molecular weight excluding hydrogens is 282 g/mol.